The van der Waals surface area contributed by atoms with Crippen LogP contribution in [0.3, 0.4) is 0 Å². The second-order valence-corrected chi connectivity index (χ2v) is 4.33. The second-order valence-electron chi connectivity index (χ2n) is 2.88. The molecule has 1 rings (SSSR count). The van der Waals surface area contributed by atoms with Crippen molar-refractivity contribution in [2.24, 2.45) is 5.14 Å². The van der Waals surface area contributed by atoms with Crippen LogP contribution in [-0.2, 0) is 10.0 Å². The van der Waals surface area contributed by atoms with Gasteiger partial charge < -0.3 is 5.73 Å². The van der Waals surface area contributed by atoms with Crippen LogP contribution in [-0.4, -0.2) is 14.2 Å². The van der Waals surface area contributed by atoms with E-state index in [9.17, 15) is 13.2 Å². The number of hydrogen-bond acceptors (Lipinski definition) is 4. The van der Waals surface area contributed by atoms with Crippen LogP contribution in [0.25, 0.3) is 0 Å². The van der Waals surface area contributed by atoms with Gasteiger partial charge in [-0.15, -0.1) is 0 Å². The first-order valence-corrected chi connectivity index (χ1v) is 5.60. The summed E-state index contributed by atoms with van der Waals surface area (Å²) in [5.41, 5.74) is 6.31. The monoisotopic (exact) mass is 226 g/mol. The van der Waals surface area contributed by atoms with Gasteiger partial charge in [-0.05, 0) is 30.3 Å². The van der Waals surface area contributed by atoms with Gasteiger partial charge in [0.1, 0.15) is 0 Å². The first-order chi connectivity index (χ1) is 6.88. The molecule has 0 bridgehead atoms. The molecule has 0 radical (unpaired) electrons. The number of sulfonamides is 1. The van der Waals surface area contributed by atoms with Crippen molar-refractivity contribution < 1.29 is 13.2 Å². The molecule has 0 aliphatic heterocycles. The molecule has 0 aromatic heterocycles. The van der Waals surface area contributed by atoms with Gasteiger partial charge in [-0.3, -0.25) is 4.79 Å². The Labute approximate surface area is 87.4 Å². The van der Waals surface area contributed by atoms with E-state index in [1.54, 1.807) is 12.1 Å². The topological polar surface area (TPSA) is 103 Å². The minimum atomic E-state index is -3.76. The zero-order valence-electron chi connectivity index (χ0n) is 7.75. The maximum Gasteiger partial charge on any atom is 0.231 e. The van der Waals surface area contributed by atoms with E-state index in [1.807, 2.05) is 0 Å². The van der Waals surface area contributed by atoms with Crippen molar-refractivity contribution in [1.29, 1.82) is 0 Å². The number of nitrogen functional groups attached to an aromatic ring is 1. The lowest BCUT2D eigenvalue weighted by molar-refractivity contribution is 0.104. The zero-order chi connectivity index (χ0) is 11.5. The third kappa shape index (κ3) is 3.92. The molecule has 5 nitrogen and oxygen atoms in total. The summed E-state index contributed by atoms with van der Waals surface area (Å²) in [6.07, 6.45) is 0.904. The summed E-state index contributed by atoms with van der Waals surface area (Å²) in [7, 11) is -3.76. The Morgan fingerprint density at radius 1 is 1.20 bits per heavy atom. The number of nitrogens with two attached hydrogens (primary N) is 2. The smallest absolute Gasteiger partial charge is 0.231 e. The van der Waals surface area contributed by atoms with Crippen LogP contribution >= 0.6 is 0 Å². The Hall–Kier alpha value is -1.66. The Balaban J connectivity index is 2.87. The molecule has 0 saturated carbocycles. The van der Waals surface area contributed by atoms with Gasteiger partial charge in [0.05, 0.1) is 0 Å². The maximum absolute atomic E-state index is 11.4. The van der Waals surface area contributed by atoms with Gasteiger partial charge in [0.15, 0.2) is 5.78 Å². The highest BCUT2D eigenvalue weighted by Gasteiger charge is 2.02. The lowest BCUT2D eigenvalue weighted by atomic mass is 10.1. The molecule has 0 atom stereocenters. The number of hydrogen-bond donors (Lipinski definition) is 2. The molecule has 0 unspecified atom stereocenters. The van der Waals surface area contributed by atoms with Crippen LogP contribution in [0.4, 0.5) is 5.69 Å². The lowest BCUT2D eigenvalue weighted by Gasteiger charge is -1.96. The normalized spacial score (nSPS) is 11.8. The number of anilines is 1. The molecule has 1 aromatic rings. The molecule has 6 heteroatoms. The number of primary sulfonamides is 1. The van der Waals surface area contributed by atoms with E-state index in [4.69, 9.17) is 10.9 Å². The number of benzene rings is 1. The highest BCUT2D eigenvalue weighted by Crippen LogP contribution is 2.06. The summed E-state index contributed by atoms with van der Waals surface area (Å²) < 4.78 is 21.1. The molecule has 0 saturated heterocycles. The molecular formula is C9H10N2O3S. The van der Waals surface area contributed by atoms with E-state index in [-0.39, 0.29) is 0 Å². The third-order valence-corrected chi connectivity index (χ3v) is 2.12. The number of rotatable bonds is 3. The Morgan fingerprint density at radius 2 is 1.73 bits per heavy atom. The fourth-order valence-corrected chi connectivity index (χ4v) is 1.21. The van der Waals surface area contributed by atoms with E-state index in [0.717, 1.165) is 6.08 Å². The highest BCUT2D eigenvalue weighted by molar-refractivity contribution is 7.92. The molecule has 1 aromatic carbocycles. The Kier molecular flexibility index (Phi) is 3.23. The summed E-state index contributed by atoms with van der Waals surface area (Å²) in [5, 5.41) is 5.36. The van der Waals surface area contributed by atoms with Crippen molar-refractivity contribution in [3.63, 3.8) is 0 Å². The molecule has 0 spiro atoms. The molecule has 4 N–H and O–H groups in total. The molecule has 0 heterocycles. The van der Waals surface area contributed by atoms with E-state index in [1.165, 1.54) is 12.1 Å². The maximum atomic E-state index is 11.4. The van der Waals surface area contributed by atoms with Gasteiger partial charge in [-0.25, -0.2) is 13.6 Å². The largest absolute Gasteiger partial charge is 0.399 e. The van der Waals surface area contributed by atoms with Crippen LogP contribution in [0.1, 0.15) is 10.4 Å². The van der Waals surface area contributed by atoms with Crippen LogP contribution in [0, 0.1) is 0 Å². The quantitative estimate of drug-likeness (QED) is 0.438. The van der Waals surface area contributed by atoms with Gasteiger partial charge in [0.25, 0.3) is 0 Å². The van der Waals surface area contributed by atoms with Gasteiger partial charge >= 0.3 is 0 Å². The zero-order valence-corrected chi connectivity index (χ0v) is 8.57. The predicted octanol–water partition coefficient (Wildman–Crippen LogP) is 0.254. The summed E-state index contributed by atoms with van der Waals surface area (Å²) in [5.74, 6) is -0.441. The van der Waals surface area contributed by atoms with Crippen molar-refractivity contribution in [1.82, 2.24) is 0 Å². The Morgan fingerprint density at radius 3 is 2.20 bits per heavy atom. The van der Waals surface area contributed by atoms with E-state index < -0.39 is 15.8 Å². The van der Waals surface area contributed by atoms with Crippen molar-refractivity contribution in [3.8, 4) is 0 Å². The minimum Gasteiger partial charge on any atom is -0.399 e. The standard InChI is InChI=1S/C9H10N2O3S/c10-8-3-1-7(2-4-8)9(12)5-6-15(11,13)14/h1-6H,10H2,(H2,11,13,14). The molecule has 80 valence electrons. The van der Waals surface area contributed by atoms with Crippen molar-refractivity contribution in [3.05, 3.63) is 41.3 Å². The molecule has 15 heavy (non-hydrogen) atoms. The van der Waals surface area contributed by atoms with E-state index in [0.29, 0.717) is 16.7 Å². The van der Waals surface area contributed by atoms with Crippen molar-refractivity contribution in [2.75, 3.05) is 5.73 Å². The Bertz CT molecular complexity index is 489. The van der Waals surface area contributed by atoms with Crippen LogP contribution in [0.2, 0.25) is 0 Å². The molecule has 0 aliphatic rings. The van der Waals surface area contributed by atoms with Gasteiger partial charge in [0, 0.05) is 16.7 Å². The third-order valence-electron chi connectivity index (χ3n) is 1.60. The van der Waals surface area contributed by atoms with E-state index in [2.05, 4.69) is 0 Å². The molecule has 0 fully saturated rings. The highest BCUT2D eigenvalue weighted by atomic mass is 32.2. The lowest BCUT2D eigenvalue weighted by Crippen LogP contribution is -2.08. The summed E-state index contributed by atoms with van der Waals surface area (Å²) >= 11 is 0. The van der Waals surface area contributed by atoms with Gasteiger partial charge in [-0.2, -0.15) is 0 Å². The first kappa shape index (κ1) is 11.4. The summed E-state index contributed by atoms with van der Waals surface area (Å²) in [6.45, 7) is 0. The van der Waals surface area contributed by atoms with Crippen LogP contribution in [0.5, 0.6) is 0 Å². The van der Waals surface area contributed by atoms with Gasteiger partial charge in [0.2, 0.25) is 10.0 Å². The van der Waals surface area contributed by atoms with Crippen LogP contribution < -0.4 is 10.9 Å². The van der Waals surface area contributed by atoms with Crippen LogP contribution in [0.15, 0.2) is 35.7 Å². The van der Waals surface area contributed by atoms with Crippen molar-refractivity contribution in [2.45, 2.75) is 0 Å². The first-order valence-electron chi connectivity index (χ1n) is 3.99. The average Bonchev–Trinajstić information content (AvgIpc) is 2.14. The SMILES string of the molecule is Nc1ccc(C(=O)C=CS(N)(=O)=O)cc1. The number of carbonyl (C=O) groups is 1. The summed E-state index contributed by atoms with van der Waals surface area (Å²) in [4.78, 5) is 11.4. The number of ketones is 1. The van der Waals surface area contributed by atoms with Gasteiger partial charge in [-0.1, -0.05) is 0 Å². The molecule has 0 amide bonds. The number of allylic oxidation sites excluding steroid dienone is 1. The second kappa shape index (κ2) is 4.24. The molecular weight excluding hydrogens is 216 g/mol. The van der Waals surface area contributed by atoms with E-state index >= 15 is 0 Å². The minimum absolute atomic E-state index is 0.351. The number of carbonyl (C=O) groups excluding carboxylic acids is 1. The van der Waals surface area contributed by atoms with Crippen molar-refractivity contribution >= 4 is 21.5 Å². The fourth-order valence-electron chi connectivity index (χ4n) is 0.900. The molecule has 0 aliphatic carbocycles. The average molecular weight is 226 g/mol. The fraction of sp³-hybridized carbons (Fsp3) is 0. The predicted molar refractivity (Wildman–Crippen MR) is 57.4 cm³/mol. The summed E-state index contributed by atoms with van der Waals surface area (Å²) in [6, 6.07) is 6.12.